The Kier molecular flexibility index (Phi) is 10.7. The Balaban J connectivity index is 1.49. The topological polar surface area (TPSA) is 162 Å². The highest BCUT2D eigenvalue weighted by Gasteiger charge is 2.64. The molecule has 2 aromatic rings. The maximum Gasteiger partial charge on any atom is 0.459 e. The quantitative estimate of drug-likeness (QED) is 0.165. The summed E-state index contributed by atoms with van der Waals surface area (Å²) in [4.78, 5) is 29.2. The Morgan fingerprint density at radius 2 is 1.88 bits per heavy atom. The second kappa shape index (κ2) is 13.9. The molecule has 2 aliphatic heterocycles. The minimum Gasteiger partial charge on any atom is -0.465 e. The van der Waals surface area contributed by atoms with Crippen LogP contribution in [0.15, 0.2) is 47.4 Å². The van der Waals surface area contributed by atoms with E-state index < -0.39 is 55.3 Å². The molecule has 0 saturated carbocycles. The van der Waals surface area contributed by atoms with Gasteiger partial charge in [-0.2, -0.15) is 10.1 Å². The van der Waals surface area contributed by atoms with Crippen LogP contribution in [0.3, 0.4) is 0 Å². The number of esters is 1. The zero-order valence-corrected chi connectivity index (χ0v) is 26.3. The second-order valence-electron chi connectivity index (χ2n) is 11.4. The molecular formula is C29H43N4O9P. The molecule has 0 aliphatic carbocycles. The van der Waals surface area contributed by atoms with Crippen molar-refractivity contribution in [3.63, 3.8) is 0 Å². The highest BCUT2D eigenvalue weighted by atomic mass is 31.2. The lowest BCUT2D eigenvalue weighted by atomic mass is 9.96. The minimum absolute atomic E-state index is 0.0685. The van der Waals surface area contributed by atoms with E-state index >= 15 is 0 Å². The van der Waals surface area contributed by atoms with Crippen molar-refractivity contribution in [2.45, 2.75) is 103 Å². The van der Waals surface area contributed by atoms with Crippen molar-refractivity contribution in [2.24, 2.45) is 0 Å². The van der Waals surface area contributed by atoms with Crippen LogP contribution in [-0.4, -0.2) is 58.4 Å². The van der Waals surface area contributed by atoms with Crippen molar-refractivity contribution >= 4 is 19.5 Å². The summed E-state index contributed by atoms with van der Waals surface area (Å²) in [6.45, 7) is 8.90. The van der Waals surface area contributed by atoms with Gasteiger partial charge >= 0.3 is 19.4 Å². The smallest absolute Gasteiger partial charge is 0.459 e. The van der Waals surface area contributed by atoms with Crippen molar-refractivity contribution in [1.29, 1.82) is 0 Å². The molecule has 0 radical (unpaired) electrons. The maximum atomic E-state index is 14.1. The first-order valence-electron chi connectivity index (χ1n) is 14.7. The highest BCUT2D eigenvalue weighted by Crippen LogP contribution is 2.52. The number of nitrogen functional groups attached to an aromatic ring is 1. The van der Waals surface area contributed by atoms with Gasteiger partial charge in [0.05, 0.1) is 13.2 Å². The Morgan fingerprint density at radius 1 is 1.16 bits per heavy atom. The molecule has 0 spiro atoms. The Hall–Kier alpha value is -2.80. The van der Waals surface area contributed by atoms with Gasteiger partial charge in [-0.05, 0) is 52.3 Å². The number of carbonyl (C=O) groups excluding carboxylic acids is 1. The van der Waals surface area contributed by atoms with Gasteiger partial charge in [0.1, 0.15) is 35.4 Å². The minimum atomic E-state index is -4.18. The Morgan fingerprint density at radius 3 is 2.58 bits per heavy atom. The zero-order valence-electron chi connectivity index (χ0n) is 25.4. The number of hydrogen-bond acceptors (Lipinski definition) is 11. The molecular weight excluding hydrogens is 579 g/mol. The lowest BCUT2D eigenvalue weighted by Gasteiger charge is -2.30. The number of aromatic nitrogens is 2. The van der Waals surface area contributed by atoms with E-state index in [0.29, 0.717) is 0 Å². The van der Waals surface area contributed by atoms with Gasteiger partial charge in [-0.1, -0.05) is 50.8 Å². The van der Waals surface area contributed by atoms with Gasteiger partial charge in [-0.3, -0.25) is 13.9 Å². The standard InChI is InChI=1S/C29H43N4O9P/c1-6-7-8-9-13-18-37-25(34)20(2)32-43(36,41-21-14-11-10-12-15-21)38-19-22-24-29(5,42-28(3,4)40-24)26(39-22)33-17-16-23(30)31-27(33)35/h10-12,14-17,20,22,24,26H,6-9,13,18-19H2,1-5H3,(H,32,36)(H2,30,31,35)/t20-,22+,24+,26+,29+,43?/m0/s1. The van der Waals surface area contributed by atoms with Crippen molar-refractivity contribution < 1.29 is 37.4 Å². The average molecular weight is 623 g/mol. The summed E-state index contributed by atoms with van der Waals surface area (Å²) in [6.07, 6.45) is 3.99. The molecule has 3 N–H and O–H groups in total. The number of carbonyl (C=O) groups is 1. The molecule has 238 valence electrons. The summed E-state index contributed by atoms with van der Waals surface area (Å²) in [5.74, 6) is -1.25. The number of anilines is 1. The predicted molar refractivity (Wildman–Crippen MR) is 158 cm³/mol. The lowest BCUT2D eigenvalue weighted by Crippen LogP contribution is -2.45. The fourth-order valence-corrected chi connectivity index (χ4v) is 6.79. The van der Waals surface area contributed by atoms with Gasteiger partial charge in [-0.25, -0.2) is 9.36 Å². The summed E-state index contributed by atoms with van der Waals surface area (Å²) in [6, 6.07) is 8.93. The van der Waals surface area contributed by atoms with Crippen molar-refractivity contribution in [3.8, 4) is 5.75 Å². The van der Waals surface area contributed by atoms with E-state index in [-0.39, 0.29) is 24.8 Å². The third kappa shape index (κ3) is 8.23. The molecule has 2 fully saturated rings. The number of unbranched alkanes of at least 4 members (excludes halogenated alkanes) is 4. The molecule has 1 aromatic carbocycles. The zero-order chi connectivity index (χ0) is 31.3. The Labute approximate surface area is 251 Å². The third-order valence-corrected chi connectivity index (χ3v) is 8.90. The van der Waals surface area contributed by atoms with E-state index in [4.69, 9.17) is 33.7 Å². The molecule has 4 rings (SSSR count). The predicted octanol–water partition coefficient (Wildman–Crippen LogP) is 4.33. The molecule has 14 heteroatoms. The molecule has 3 heterocycles. The first-order chi connectivity index (χ1) is 20.4. The van der Waals surface area contributed by atoms with Gasteiger partial charge in [0.15, 0.2) is 12.0 Å². The fraction of sp³-hybridized carbons (Fsp3) is 0.621. The first kappa shape index (κ1) is 33.1. The van der Waals surface area contributed by atoms with E-state index in [1.165, 1.54) is 23.8 Å². The van der Waals surface area contributed by atoms with E-state index in [9.17, 15) is 14.2 Å². The number of ether oxygens (including phenoxy) is 4. The maximum absolute atomic E-state index is 14.1. The number of rotatable bonds is 15. The highest BCUT2D eigenvalue weighted by molar-refractivity contribution is 7.52. The van der Waals surface area contributed by atoms with Gasteiger partial charge in [-0.15, -0.1) is 0 Å². The molecule has 0 bridgehead atoms. The van der Waals surface area contributed by atoms with E-state index in [1.807, 2.05) is 0 Å². The second-order valence-corrected chi connectivity index (χ2v) is 13.1. The normalized spacial score (nSPS) is 26.4. The van der Waals surface area contributed by atoms with E-state index in [2.05, 4.69) is 17.0 Å². The summed E-state index contributed by atoms with van der Waals surface area (Å²) < 4.78 is 51.1. The Bertz CT molecular complexity index is 1340. The van der Waals surface area contributed by atoms with E-state index in [0.717, 1.165) is 32.1 Å². The van der Waals surface area contributed by atoms with Gasteiger partial charge in [0.25, 0.3) is 0 Å². The number of nitrogens with zero attached hydrogens (tertiary/aromatic N) is 2. The number of fused-ring (bicyclic) bond motifs is 1. The van der Waals surface area contributed by atoms with E-state index in [1.54, 1.807) is 51.1 Å². The monoisotopic (exact) mass is 622 g/mol. The molecule has 13 nitrogen and oxygen atoms in total. The van der Waals surface area contributed by atoms with Crippen LogP contribution in [0.2, 0.25) is 0 Å². The van der Waals surface area contributed by atoms with Gasteiger partial charge in [0, 0.05) is 6.20 Å². The van der Waals surface area contributed by atoms with Crippen molar-refractivity contribution in [2.75, 3.05) is 18.9 Å². The van der Waals surface area contributed by atoms with Crippen LogP contribution in [0.5, 0.6) is 5.75 Å². The molecule has 1 unspecified atom stereocenters. The van der Waals surface area contributed by atoms with Crippen LogP contribution in [0.25, 0.3) is 0 Å². The van der Waals surface area contributed by atoms with Crippen LogP contribution in [0, 0.1) is 0 Å². The molecule has 0 amide bonds. The van der Waals surface area contributed by atoms with Crippen LogP contribution in [-0.2, 0) is 32.8 Å². The van der Waals surface area contributed by atoms with Crippen LogP contribution < -0.4 is 21.0 Å². The summed E-state index contributed by atoms with van der Waals surface area (Å²) in [5.41, 5.74) is 3.92. The van der Waals surface area contributed by atoms with Gasteiger partial charge < -0.3 is 29.2 Å². The SMILES string of the molecule is CCCCCCCOC(=O)[C@H](C)NP(=O)(OC[C@H]1O[C@@H](n2ccc(N)nc2=O)[C@]2(C)OC(C)(C)O[C@H]12)Oc1ccccc1. The number of para-hydroxylation sites is 1. The number of nitrogens with two attached hydrogens (primary N) is 1. The summed E-state index contributed by atoms with van der Waals surface area (Å²) >= 11 is 0. The summed E-state index contributed by atoms with van der Waals surface area (Å²) in [5, 5.41) is 2.70. The van der Waals surface area contributed by atoms with Crippen LogP contribution in [0.1, 0.15) is 73.0 Å². The van der Waals surface area contributed by atoms with Gasteiger partial charge in [0.2, 0.25) is 0 Å². The van der Waals surface area contributed by atoms with Crippen LogP contribution >= 0.6 is 7.75 Å². The molecule has 1 aromatic heterocycles. The average Bonchev–Trinajstić information content (AvgIpc) is 3.34. The fourth-order valence-electron chi connectivity index (χ4n) is 5.29. The molecule has 43 heavy (non-hydrogen) atoms. The third-order valence-electron chi connectivity index (χ3n) is 7.25. The number of benzene rings is 1. The number of hydrogen-bond donors (Lipinski definition) is 2. The van der Waals surface area contributed by atoms with Crippen molar-refractivity contribution in [1.82, 2.24) is 14.6 Å². The largest absolute Gasteiger partial charge is 0.465 e. The molecule has 6 atom stereocenters. The first-order valence-corrected chi connectivity index (χ1v) is 16.2. The summed E-state index contributed by atoms with van der Waals surface area (Å²) in [7, 11) is -4.18. The number of nitrogens with one attached hydrogen (secondary N) is 1. The van der Waals surface area contributed by atoms with Crippen molar-refractivity contribution in [3.05, 3.63) is 53.1 Å². The molecule has 2 aliphatic rings. The molecule has 2 saturated heterocycles. The lowest BCUT2D eigenvalue weighted by molar-refractivity contribution is -0.217. The van der Waals surface area contributed by atoms with Crippen LogP contribution in [0.4, 0.5) is 5.82 Å².